The normalized spacial score (nSPS) is 12.5. The first-order valence-corrected chi connectivity index (χ1v) is 11.5. The molecule has 5 nitrogen and oxygen atoms in total. The molecule has 6 heteroatoms. The van der Waals surface area contributed by atoms with Crippen molar-refractivity contribution in [3.05, 3.63) is 78.4 Å². The zero-order valence-corrected chi connectivity index (χ0v) is 17.5. The van der Waals surface area contributed by atoms with Crippen molar-refractivity contribution in [2.75, 3.05) is 17.1 Å². The number of sulfonamides is 1. The lowest BCUT2D eigenvalue weighted by molar-refractivity contribution is -0.120. The quantitative estimate of drug-likeness (QED) is 0.615. The Morgan fingerprint density at radius 1 is 0.966 bits per heavy atom. The molecule has 3 aromatic rings. The van der Waals surface area contributed by atoms with Gasteiger partial charge < -0.3 is 5.32 Å². The summed E-state index contributed by atoms with van der Waals surface area (Å²) >= 11 is 0. The number of hydrogen-bond donors (Lipinski definition) is 1. The molecular weight excluding hydrogens is 384 g/mol. The smallest absolute Gasteiger partial charge is 0.240 e. The van der Waals surface area contributed by atoms with Crippen LogP contribution in [0.1, 0.15) is 18.9 Å². The number of benzene rings is 3. The van der Waals surface area contributed by atoms with Gasteiger partial charge in [0.2, 0.25) is 15.9 Å². The molecule has 0 bridgehead atoms. The molecule has 1 atom stereocenters. The van der Waals surface area contributed by atoms with Gasteiger partial charge in [0.05, 0.1) is 11.9 Å². The van der Waals surface area contributed by atoms with E-state index < -0.39 is 10.0 Å². The number of nitrogens with zero attached hydrogens (tertiary/aromatic N) is 1. The minimum absolute atomic E-state index is 0.0587. The van der Waals surface area contributed by atoms with Crippen LogP contribution >= 0.6 is 0 Å². The van der Waals surface area contributed by atoms with E-state index in [1.807, 2.05) is 55.5 Å². The summed E-state index contributed by atoms with van der Waals surface area (Å²) < 4.78 is 26.1. The summed E-state index contributed by atoms with van der Waals surface area (Å²) in [6.07, 6.45) is 2.76. The Balaban J connectivity index is 1.71. The molecule has 0 spiro atoms. The first-order chi connectivity index (χ1) is 13.8. The maximum absolute atomic E-state index is 12.6. The topological polar surface area (TPSA) is 66.5 Å². The summed E-state index contributed by atoms with van der Waals surface area (Å²) in [5.41, 5.74) is 1.72. The van der Waals surface area contributed by atoms with Crippen molar-refractivity contribution in [2.45, 2.75) is 25.8 Å². The maximum atomic E-state index is 12.6. The molecule has 3 rings (SSSR count). The third-order valence-electron chi connectivity index (χ3n) is 4.84. The van der Waals surface area contributed by atoms with Gasteiger partial charge >= 0.3 is 0 Å². The molecule has 1 amide bonds. The van der Waals surface area contributed by atoms with Gasteiger partial charge in [0, 0.05) is 11.4 Å². The SMILES string of the molecule is C[C@H](CCc1ccccc1)NC(=O)CN(c1cccc2ccccc12)S(C)(=O)=O. The van der Waals surface area contributed by atoms with E-state index in [2.05, 4.69) is 17.4 Å². The van der Waals surface area contributed by atoms with Crippen molar-refractivity contribution in [1.82, 2.24) is 5.32 Å². The first kappa shape index (κ1) is 20.9. The largest absolute Gasteiger partial charge is 0.352 e. The van der Waals surface area contributed by atoms with Gasteiger partial charge in [-0.15, -0.1) is 0 Å². The fourth-order valence-electron chi connectivity index (χ4n) is 3.36. The van der Waals surface area contributed by atoms with E-state index in [9.17, 15) is 13.2 Å². The lowest BCUT2D eigenvalue weighted by Crippen LogP contribution is -2.43. The Labute approximate surface area is 172 Å². The van der Waals surface area contributed by atoms with Gasteiger partial charge in [0.15, 0.2) is 0 Å². The van der Waals surface area contributed by atoms with E-state index in [0.29, 0.717) is 5.69 Å². The summed E-state index contributed by atoms with van der Waals surface area (Å²) in [6, 6.07) is 23.0. The minimum atomic E-state index is -3.62. The zero-order chi connectivity index (χ0) is 20.9. The van der Waals surface area contributed by atoms with Crippen LogP contribution in [0.15, 0.2) is 72.8 Å². The molecule has 0 aliphatic carbocycles. The van der Waals surface area contributed by atoms with Crippen LogP contribution in [0.25, 0.3) is 10.8 Å². The number of hydrogen-bond acceptors (Lipinski definition) is 3. The highest BCUT2D eigenvalue weighted by Gasteiger charge is 2.23. The number of carbonyl (C=O) groups excluding carboxylic acids is 1. The van der Waals surface area contributed by atoms with Gasteiger partial charge in [-0.25, -0.2) is 8.42 Å². The van der Waals surface area contributed by atoms with E-state index in [1.54, 1.807) is 12.1 Å². The Hall–Kier alpha value is -2.86. The molecule has 0 saturated heterocycles. The van der Waals surface area contributed by atoms with Crippen molar-refractivity contribution in [2.24, 2.45) is 0 Å². The standard InChI is InChI=1S/C23H26N2O3S/c1-18(15-16-19-9-4-3-5-10-19)24-23(26)17-25(29(2,27)28)22-14-8-12-20-11-6-7-13-21(20)22/h3-14,18H,15-17H2,1-2H3,(H,24,26)/t18-/m1/s1. The highest BCUT2D eigenvalue weighted by molar-refractivity contribution is 7.92. The summed E-state index contributed by atoms with van der Waals surface area (Å²) in [7, 11) is -3.62. The highest BCUT2D eigenvalue weighted by Crippen LogP contribution is 2.28. The lowest BCUT2D eigenvalue weighted by Gasteiger charge is -2.24. The van der Waals surface area contributed by atoms with Gasteiger partial charge in [-0.05, 0) is 36.8 Å². The number of nitrogens with one attached hydrogen (secondary N) is 1. The molecule has 0 aromatic heterocycles. The highest BCUT2D eigenvalue weighted by atomic mass is 32.2. The summed E-state index contributed by atoms with van der Waals surface area (Å²) in [5.74, 6) is -0.316. The molecule has 0 aliphatic rings. The van der Waals surface area contributed by atoms with Crippen molar-refractivity contribution in [3.63, 3.8) is 0 Å². The summed E-state index contributed by atoms with van der Waals surface area (Å²) in [4.78, 5) is 12.6. The van der Waals surface area contributed by atoms with E-state index in [4.69, 9.17) is 0 Å². The number of anilines is 1. The molecule has 3 aromatic carbocycles. The molecule has 0 saturated carbocycles. The molecule has 0 unspecified atom stereocenters. The van der Waals surface area contributed by atoms with Crippen LogP contribution in [-0.4, -0.2) is 33.2 Å². The third kappa shape index (κ3) is 5.57. The number of rotatable bonds is 8. The number of carbonyl (C=O) groups is 1. The second-order valence-corrected chi connectivity index (χ2v) is 9.17. The van der Waals surface area contributed by atoms with Crippen molar-refractivity contribution in [1.29, 1.82) is 0 Å². The average Bonchev–Trinajstić information content (AvgIpc) is 2.70. The average molecular weight is 411 g/mol. The fraction of sp³-hybridized carbons (Fsp3) is 0.261. The molecular formula is C23H26N2O3S. The van der Waals surface area contributed by atoms with Crippen LogP contribution in [0.4, 0.5) is 5.69 Å². The minimum Gasteiger partial charge on any atom is -0.352 e. The Morgan fingerprint density at radius 2 is 1.62 bits per heavy atom. The fourth-order valence-corrected chi connectivity index (χ4v) is 4.23. The van der Waals surface area contributed by atoms with Gasteiger partial charge in [-0.1, -0.05) is 66.7 Å². The van der Waals surface area contributed by atoms with Gasteiger partial charge in [-0.2, -0.15) is 0 Å². The number of aryl methyl sites for hydroxylation is 1. The van der Waals surface area contributed by atoms with Crippen LogP contribution in [0.2, 0.25) is 0 Å². The van der Waals surface area contributed by atoms with E-state index in [0.717, 1.165) is 29.9 Å². The lowest BCUT2D eigenvalue weighted by atomic mass is 10.1. The summed E-state index contributed by atoms with van der Waals surface area (Å²) in [5, 5.41) is 4.65. The predicted octanol–water partition coefficient (Wildman–Crippen LogP) is 3.74. The van der Waals surface area contributed by atoms with Crippen LogP contribution in [0.5, 0.6) is 0 Å². The number of amides is 1. The molecule has 0 heterocycles. The Kier molecular flexibility index (Phi) is 6.54. The molecule has 152 valence electrons. The van der Waals surface area contributed by atoms with Crippen molar-refractivity contribution >= 4 is 32.4 Å². The van der Waals surface area contributed by atoms with Crippen molar-refractivity contribution < 1.29 is 13.2 Å². The first-order valence-electron chi connectivity index (χ1n) is 9.63. The zero-order valence-electron chi connectivity index (χ0n) is 16.7. The second-order valence-electron chi connectivity index (χ2n) is 7.26. The van der Waals surface area contributed by atoms with Crippen LogP contribution in [0.3, 0.4) is 0 Å². The van der Waals surface area contributed by atoms with E-state index >= 15 is 0 Å². The third-order valence-corrected chi connectivity index (χ3v) is 5.97. The molecule has 0 fully saturated rings. The monoisotopic (exact) mass is 410 g/mol. The van der Waals surface area contributed by atoms with Crippen LogP contribution in [0, 0.1) is 0 Å². The van der Waals surface area contributed by atoms with Crippen molar-refractivity contribution in [3.8, 4) is 0 Å². The van der Waals surface area contributed by atoms with Gasteiger partial charge in [-0.3, -0.25) is 9.10 Å². The van der Waals surface area contributed by atoms with E-state index in [-0.39, 0.29) is 18.5 Å². The molecule has 0 radical (unpaired) electrons. The number of fused-ring (bicyclic) bond motifs is 1. The summed E-state index contributed by atoms with van der Waals surface area (Å²) in [6.45, 7) is 1.69. The molecule has 0 aliphatic heterocycles. The van der Waals surface area contributed by atoms with Gasteiger partial charge in [0.25, 0.3) is 0 Å². The Bertz CT molecular complexity index is 1080. The maximum Gasteiger partial charge on any atom is 0.240 e. The van der Waals surface area contributed by atoms with Crippen LogP contribution in [-0.2, 0) is 21.2 Å². The van der Waals surface area contributed by atoms with E-state index in [1.165, 1.54) is 9.87 Å². The second kappa shape index (κ2) is 9.09. The molecule has 1 N–H and O–H groups in total. The Morgan fingerprint density at radius 3 is 2.34 bits per heavy atom. The van der Waals surface area contributed by atoms with Crippen LogP contribution < -0.4 is 9.62 Å². The predicted molar refractivity (Wildman–Crippen MR) is 119 cm³/mol. The van der Waals surface area contributed by atoms with Gasteiger partial charge in [0.1, 0.15) is 6.54 Å². The molecule has 29 heavy (non-hydrogen) atoms.